The van der Waals surface area contributed by atoms with Crippen molar-refractivity contribution in [1.29, 1.82) is 0 Å². The number of ether oxygens (including phenoxy) is 1. The number of urea groups is 1. The van der Waals surface area contributed by atoms with Gasteiger partial charge in [-0.1, -0.05) is 24.3 Å². The normalized spacial score (nSPS) is 21.8. The Morgan fingerprint density at radius 1 is 1.27 bits per heavy atom. The van der Waals surface area contributed by atoms with Crippen LogP contribution in [0.4, 0.5) is 9.80 Å². The lowest BCUT2D eigenvalue weighted by Gasteiger charge is -2.26. The van der Waals surface area contributed by atoms with Crippen molar-refractivity contribution in [3.63, 3.8) is 0 Å². The third kappa shape index (κ3) is 3.31. The number of nitrogens with one attached hydrogen (secondary N) is 1. The number of thiophene rings is 1. The molecule has 0 spiro atoms. The molecule has 1 aromatic heterocycles. The minimum atomic E-state index is -0.722. The van der Waals surface area contributed by atoms with Crippen molar-refractivity contribution >= 4 is 28.3 Å². The van der Waals surface area contributed by atoms with Crippen LogP contribution in [-0.4, -0.2) is 42.1 Å². The molecule has 5 N–H and O–H groups in total. The first-order valence-corrected chi connectivity index (χ1v) is 9.26. The second-order valence-electron chi connectivity index (χ2n) is 6.68. The average Bonchev–Trinajstić information content (AvgIpc) is 3.30. The van der Waals surface area contributed by atoms with Crippen LogP contribution < -0.4 is 16.8 Å². The van der Waals surface area contributed by atoms with Gasteiger partial charge >= 0.3 is 6.03 Å². The molecule has 0 unspecified atom stereocenters. The maximum Gasteiger partial charge on any atom is 0.317 e. The molecule has 4 rings (SSSR count). The van der Waals surface area contributed by atoms with Crippen LogP contribution in [0.25, 0.3) is 10.4 Å². The minimum absolute atomic E-state index is 0.265. The van der Waals surface area contributed by atoms with Gasteiger partial charge in [0.2, 0.25) is 0 Å². The number of nitrogens with two attached hydrogens (primary N) is 2. The highest BCUT2D eigenvalue weighted by Crippen LogP contribution is 2.36. The van der Waals surface area contributed by atoms with E-state index < -0.39 is 11.9 Å². The van der Waals surface area contributed by atoms with Crippen molar-refractivity contribution in [1.82, 2.24) is 4.90 Å². The molecule has 7 nitrogen and oxygen atoms in total. The van der Waals surface area contributed by atoms with Crippen LogP contribution >= 0.6 is 11.3 Å². The van der Waals surface area contributed by atoms with E-state index in [1.165, 1.54) is 16.9 Å². The Hall–Kier alpha value is -2.42. The molecule has 0 aliphatic carbocycles. The second-order valence-corrected chi connectivity index (χ2v) is 7.73. The standard InChI is InChI=1S/C18H20N4O3S/c19-16(23)14-6-15(26-17(14)21-18(20)24)11-3-1-10(2-4-11)7-22-8-13-5-12(22)9-25-13/h1-4,6,12-13H,5,7-9H2,(H2,19,23)(H3,20,21,24)/t12-,13-/m0/s1. The number of morpholine rings is 1. The third-order valence-electron chi connectivity index (χ3n) is 4.87. The molecule has 0 saturated carbocycles. The first-order valence-electron chi connectivity index (χ1n) is 8.44. The van der Waals surface area contributed by atoms with Crippen LogP contribution in [-0.2, 0) is 11.3 Å². The van der Waals surface area contributed by atoms with Crippen molar-refractivity contribution < 1.29 is 14.3 Å². The Balaban J connectivity index is 1.51. The van der Waals surface area contributed by atoms with Gasteiger partial charge in [-0.25, -0.2) is 4.79 Å². The summed E-state index contributed by atoms with van der Waals surface area (Å²) >= 11 is 1.28. The molecule has 2 aliphatic rings. The summed E-state index contributed by atoms with van der Waals surface area (Å²) in [6, 6.07) is 9.72. The summed E-state index contributed by atoms with van der Waals surface area (Å²) < 4.78 is 5.64. The van der Waals surface area contributed by atoms with Crippen molar-refractivity contribution in [2.75, 3.05) is 18.5 Å². The summed E-state index contributed by atoms with van der Waals surface area (Å²) in [5.41, 5.74) is 13.0. The molecule has 2 aromatic rings. The van der Waals surface area contributed by atoms with Gasteiger partial charge < -0.3 is 16.2 Å². The first-order chi connectivity index (χ1) is 12.5. The molecule has 2 atom stereocenters. The summed E-state index contributed by atoms with van der Waals surface area (Å²) in [7, 11) is 0. The van der Waals surface area contributed by atoms with E-state index in [0.29, 0.717) is 17.1 Å². The minimum Gasteiger partial charge on any atom is -0.375 e. The van der Waals surface area contributed by atoms with E-state index >= 15 is 0 Å². The number of hydrogen-bond acceptors (Lipinski definition) is 5. The lowest BCUT2D eigenvalue weighted by atomic mass is 10.1. The van der Waals surface area contributed by atoms with Crippen molar-refractivity contribution in [2.24, 2.45) is 11.5 Å². The molecule has 2 aliphatic heterocycles. The Morgan fingerprint density at radius 3 is 2.62 bits per heavy atom. The zero-order valence-electron chi connectivity index (χ0n) is 14.1. The van der Waals surface area contributed by atoms with Gasteiger partial charge in [-0.2, -0.15) is 0 Å². The van der Waals surface area contributed by atoms with Gasteiger partial charge in [-0.05, 0) is 23.6 Å². The van der Waals surface area contributed by atoms with Gasteiger partial charge in [0, 0.05) is 24.0 Å². The number of likely N-dealkylation sites (tertiary alicyclic amines) is 1. The number of carbonyl (C=O) groups is 2. The van der Waals surface area contributed by atoms with Crippen molar-refractivity contribution in [3.8, 4) is 10.4 Å². The fraction of sp³-hybridized carbons (Fsp3) is 0.333. The molecule has 2 fully saturated rings. The fourth-order valence-electron chi connectivity index (χ4n) is 3.60. The number of fused-ring (bicyclic) bond motifs is 2. The van der Waals surface area contributed by atoms with E-state index in [1.807, 2.05) is 12.1 Å². The van der Waals surface area contributed by atoms with E-state index in [0.717, 1.165) is 36.6 Å². The fourth-order valence-corrected chi connectivity index (χ4v) is 4.67. The third-order valence-corrected chi connectivity index (χ3v) is 5.97. The van der Waals surface area contributed by atoms with E-state index in [1.54, 1.807) is 6.07 Å². The Kier molecular flexibility index (Phi) is 4.39. The SMILES string of the molecule is NC(=O)Nc1sc(-c2ccc(CN3C[C@@H]4C[C@H]3CO4)cc2)cc1C(N)=O. The van der Waals surface area contributed by atoms with Gasteiger partial charge in [0.1, 0.15) is 5.00 Å². The van der Waals surface area contributed by atoms with Crippen LogP contribution in [0.2, 0.25) is 0 Å². The second kappa shape index (κ2) is 6.71. The number of hydrogen-bond donors (Lipinski definition) is 3. The van der Waals surface area contributed by atoms with E-state index in [4.69, 9.17) is 16.2 Å². The topological polar surface area (TPSA) is 111 Å². The predicted molar refractivity (Wildman–Crippen MR) is 100 cm³/mol. The zero-order chi connectivity index (χ0) is 18.3. The molecule has 3 amide bonds. The number of primary amides is 2. The Morgan fingerprint density at radius 2 is 2.04 bits per heavy atom. The Labute approximate surface area is 154 Å². The highest BCUT2D eigenvalue weighted by atomic mass is 32.1. The zero-order valence-corrected chi connectivity index (χ0v) is 14.9. The number of nitrogens with zero attached hydrogens (tertiary/aromatic N) is 1. The monoisotopic (exact) mass is 372 g/mol. The lowest BCUT2D eigenvalue weighted by molar-refractivity contribution is 0.0273. The highest BCUT2D eigenvalue weighted by molar-refractivity contribution is 7.20. The molecular weight excluding hydrogens is 352 g/mol. The molecule has 8 heteroatoms. The maximum atomic E-state index is 11.6. The van der Waals surface area contributed by atoms with Crippen molar-refractivity contribution in [3.05, 3.63) is 41.5 Å². The van der Waals surface area contributed by atoms with Crippen LogP contribution in [0.1, 0.15) is 22.3 Å². The number of amides is 3. The molecule has 26 heavy (non-hydrogen) atoms. The van der Waals surface area contributed by atoms with Gasteiger partial charge in [0.15, 0.2) is 0 Å². The molecule has 136 valence electrons. The summed E-state index contributed by atoms with van der Waals surface area (Å²) in [6.45, 7) is 2.75. The van der Waals surface area contributed by atoms with E-state index in [2.05, 4.69) is 22.3 Å². The van der Waals surface area contributed by atoms with Crippen LogP contribution in [0, 0.1) is 0 Å². The molecular formula is C18H20N4O3S. The highest BCUT2D eigenvalue weighted by Gasteiger charge is 2.38. The van der Waals surface area contributed by atoms with Gasteiger partial charge in [-0.15, -0.1) is 11.3 Å². The predicted octanol–water partition coefficient (Wildman–Crippen LogP) is 1.98. The van der Waals surface area contributed by atoms with Crippen LogP contribution in [0.15, 0.2) is 30.3 Å². The van der Waals surface area contributed by atoms with E-state index in [-0.39, 0.29) is 5.56 Å². The summed E-state index contributed by atoms with van der Waals surface area (Å²) in [5.74, 6) is -0.598. The molecule has 2 saturated heterocycles. The molecule has 1 aromatic carbocycles. The number of anilines is 1. The average molecular weight is 372 g/mol. The number of carbonyl (C=O) groups excluding carboxylic acids is 2. The molecule has 3 heterocycles. The summed E-state index contributed by atoms with van der Waals surface area (Å²) in [5, 5.41) is 2.83. The van der Waals surface area contributed by atoms with E-state index in [9.17, 15) is 9.59 Å². The maximum absolute atomic E-state index is 11.6. The van der Waals surface area contributed by atoms with Crippen LogP contribution in [0.5, 0.6) is 0 Å². The first kappa shape index (κ1) is 17.0. The van der Waals surface area contributed by atoms with Gasteiger partial charge in [-0.3, -0.25) is 15.0 Å². The Bertz CT molecular complexity index is 849. The van der Waals surface area contributed by atoms with Crippen molar-refractivity contribution in [2.45, 2.75) is 25.1 Å². The quantitative estimate of drug-likeness (QED) is 0.745. The largest absolute Gasteiger partial charge is 0.375 e. The number of benzene rings is 1. The lowest BCUT2D eigenvalue weighted by Crippen LogP contribution is -2.36. The summed E-state index contributed by atoms with van der Waals surface area (Å²) in [6.07, 6.45) is 1.53. The van der Waals surface area contributed by atoms with Crippen LogP contribution in [0.3, 0.4) is 0 Å². The smallest absolute Gasteiger partial charge is 0.317 e. The van der Waals surface area contributed by atoms with Gasteiger partial charge in [0.25, 0.3) is 5.91 Å². The summed E-state index contributed by atoms with van der Waals surface area (Å²) in [4.78, 5) is 26.0. The number of rotatable bonds is 5. The van der Waals surface area contributed by atoms with Gasteiger partial charge in [0.05, 0.1) is 18.3 Å². The molecule has 0 radical (unpaired) electrons. The molecule has 2 bridgehead atoms.